The summed E-state index contributed by atoms with van der Waals surface area (Å²) in [5.41, 5.74) is 1.51. The van der Waals surface area contributed by atoms with Crippen molar-refractivity contribution in [2.24, 2.45) is 0 Å². The highest BCUT2D eigenvalue weighted by molar-refractivity contribution is 6.05. The van der Waals surface area contributed by atoms with Crippen LogP contribution in [0.5, 0.6) is 0 Å². The Morgan fingerprint density at radius 2 is 2.24 bits per heavy atom. The molecule has 1 aromatic carbocycles. The van der Waals surface area contributed by atoms with E-state index in [1.807, 2.05) is 0 Å². The lowest BCUT2D eigenvalue weighted by Gasteiger charge is -2.08. The van der Waals surface area contributed by atoms with E-state index in [0.29, 0.717) is 5.56 Å². The van der Waals surface area contributed by atoms with Crippen molar-refractivity contribution in [1.29, 1.82) is 0 Å². The molecule has 2 rings (SSSR count). The summed E-state index contributed by atoms with van der Waals surface area (Å²) in [6, 6.07) is 6.04. The fraction of sp³-hybridized carbons (Fsp3) is 0.125. The predicted molar refractivity (Wildman–Crippen MR) is 77.3 cm³/mol. The summed E-state index contributed by atoms with van der Waals surface area (Å²) in [5.74, 6) is 4.11. The predicted octanol–water partition coefficient (Wildman–Crippen LogP) is 2.13. The number of benzene rings is 1. The van der Waals surface area contributed by atoms with Gasteiger partial charge in [0.2, 0.25) is 0 Å². The van der Waals surface area contributed by atoms with Crippen LogP contribution in [0.4, 0.5) is 10.1 Å². The van der Waals surface area contributed by atoms with Crippen LogP contribution in [-0.4, -0.2) is 22.6 Å². The summed E-state index contributed by atoms with van der Waals surface area (Å²) in [5, 5.41) is 11.2. The second kappa shape index (κ2) is 6.64. The van der Waals surface area contributed by atoms with Crippen LogP contribution in [0.15, 0.2) is 36.7 Å². The van der Waals surface area contributed by atoms with Gasteiger partial charge >= 0.3 is 0 Å². The van der Waals surface area contributed by atoms with E-state index in [-0.39, 0.29) is 17.9 Å². The van der Waals surface area contributed by atoms with Gasteiger partial charge in [0, 0.05) is 12.4 Å². The number of nitrogens with one attached hydrogen (secondary N) is 1. The molecule has 2 N–H and O–H groups in total. The summed E-state index contributed by atoms with van der Waals surface area (Å²) in [4.78, 5) is 16.1. The van der Waals surface area contributed by atoms with Gasteiger partial charge in [0.1, 0.15) is 12.4 Å². The number of carbonyl (C=O) groups is 1. The third kappa shape index (κ3) is 3.65. The Balaban J connectivity index is 2.28. The molecule has 1 aromatic heterocycles. The van der Waals surface area contributed by atoms with E-state index in [1.165, 1.54) is 30.6 Å². The van der Waals surface area contributed by atoms with Crippen LogP contribution in [0.25, 0.3) is 0 Å². The van der Waals surface area contributed by atoms with Crippen molar-refractivity contribution in [3.63, 3.8) is 0 Å². The van der Waals surface area contributed by atoms with Crippen LogP contribution in [0, 0.1) is 24.6 Å². The van der Waals surface area contributed by atoms with Crippen LogP contribution in [0.2, 0.25) is 0 Å². The molecule has 0 radical (unpaired) electrons. The van der Waals surface area contributed by atoms with E-state index in [2.05, 4.69) is 22.1 Å². The molecule has 0 fully saturated rings. The summed E-state index contributed by atoms with van der Waals surface area (Å²) < 4.78 is 13.7. The number of nitrogens with zero attached hydrogens (tertiary/aromatic N) is 1. The smallest absolute Gasteiger partial charge is 0.257 e. The Morgan fingerprint density at radius 3 is 2.95 bits per heavy atom. The number of aliphatic hydroxyl groups is 1. The molecule has 0 aliphatic rings. The lowest BCUT2D eigenvalue weighted by Crippen LogP contribution is -2.14. The number of rotatable bonds is 2. The molecule has 106 valence electrons. The molecule has 0 aliphatic carbocycles. The van der Waals surface area contributed by atoms with Crippen molar-refractivity contribution in [2.45, 2.75) is 6.92 Å². The maximum absolute atomic E-state index is 13.7. The number of hydrogen-bond acceptors (Lipinski definition) is 3. The zero-order valence-electron chi connectivity index (χ0n) is 11.4. The van der Waals surface area contributed by atoms with E-state index in [9.17, 15) is 9.18 Å². The van der Waals surface area contributed by atoms with Crippen molar-refractivity contribution in [3.05, 3.63) is 59.2 Å². The molecule has 4 nitrogen and oxygen atoms in total. The Bertz CT molecular complexity index is 733. The number of amides is 1. The van der Waals surface area contributed by atoms with Gasteiger partial charge in [-0.05, 0) is 30.7 Å². The zero-order valence-corrected chi connectivity index (χ0v) is 11.4. The summed E-state index contributed by atoms with van der Waals surface area (Å²) in [6.45, 7) is 1.45. The van der Waals surface area contributed by atoms with Crippen LogP contribution in [-0.2, 0) is 0 Å². The summed E-state index contributed by atoms with van der Waals surface area (Å²) in [6.07, 6.45) is 2.87. The zero-order chi connectivity index (χ0) is 15.2. The molecule has 0 saturated carbocycles. The average Bonchev–Trinajstić information content (AvgIpc) is 2.48. The van der Waals surface area contributed by atoms with Gasteiger partial charge in [-0.2, -0.15) is 0 Å². The van der Waals surface area contributed by atoms with Crippen LogP contribution in [0.1, 0.15) is 21.5 Å². The number of hydrogen-bond donors (Lipinski definition) is 2. The van der Waals surface area contributed by atoms with Gasteiger partial charge in [-0.1, -0.05) is 17.9 Å². The van der Waals surface area contributed by atoms with Crippen molar-refractivity contribution in [2.75, 3.05) is 11.9 Å². The minimum absolute atomic E-state index is 0.100. The van der Waals surface area contributed by atoms with E-state index in [1.54, 1.807) is 13.0 Å². The Kier molecular flexibility index (Phi) is 4.64. The molecule has 0 bridgehead atoms. The number of aryl methyl sites for hydroxylation is 1. The van der Waals surface area contributed by atoms with Gasteiger partial charge < -0.3 is 10.4 Å². The third-order valence-corrected chi connectivity index (χ3v) is 2.74. The first-order chi connectivity index (χ1) is 10.1. The molecule has 0 spiro atoms. The van der Waals surface area contributed by atoms with E-state index < -0.39 is 11.7 Å². The summed E-state index contributed by atoms with van der Waals surface area (Å²) >= 11 is 0. The number of aromatic nitrogens is 1. The molecular formula is C16H13FN2O2. The molecule has 0 saturated heterocycles. The summed E-state index contributed by atoms with van der Waals surface area (Å²) in [7, 11) is 0. The average molecular weight is 284 g/mol. The highest BCUT2D eigenvalue weighted by Crippen LogP contribution is 2.17. The maximum atomic E-state index is 13.7. The fourth-order valence-corrected chi connectivity index (χ4v) is 1.74. The quantitative estimate of drug-likeness (QED) is 0.830. The Hall–Kier alpha value is -2.71. The Labute approximate surface area is 121 Å². The van der Waals surface area contributed by atoms with Gasteiger partial charge in [-0.3, -0.25) is 9.78 Å². The number of pyridine rings is 1. The van der Waals surface area contributed by atoms with Gasteiger partial charge in [0.05, 0.1) is 16.8 Å². The van der Waals surface area contributed by atoms with Crippen molar-refractivity contribution < 1.29 is 14.3 Å². The largest absolute Gasteiger partial charge is 0.384 e. The van der Waals surface area contributed by atoms with Gasteiger partial charge in [0.15, 0.2) is 0 Å². The number of halogens is 1. The third-order valence-electron chi connectivity index (χ3n) is 2.74. The molecule has 5 heteroatoms. The number of aliphatic hydroxyl groups excluding tert-OH is 1. The number of anilines is 1. The standard InChI is InChI=1S/C16H13FN2O2/c1-11-4-5-15(14(17)9-11)19-16(21)13-6-7-18-10-12(13)3-2-8-20/h4-7,9-10,20H,8H2,1H3,(H,19,21). The second-order valence-electron chi connectivity index (χ2n) is 4.32. The van der Waals surface area contributed by atoms with Crippen LogP contribution >= 0.6 is 0 Å². The first-order valence-corrected chi connectivity index (χ1v) is 6.23. The number of carbonyl (C=O) groups excluding carboxylic acids is 1. The molecule has 21 heavy (non-hydrogen) atoms. The van der Waals surface area contributed by atoms with E-state index in [4.69, 9.17) is 5.11 Å². The fourth-order valence-electron chi connectivity index (χ4n) is 1.74. The Morgan fingerprint density at radius 1 is 1.43 bits per heavy atom. The topological polar surface area (TPSA) is 62.2 Å². The van der Waals surface area contributed by atoms with Crippen LogP contribution in [0.3, 0.4) is 0 Å². The monoisotopic (exact) mass is 284 g/mol. The minimum Gasteiger partial charge on any atom is -0.384 e. The van der Waals surface area contributed by atoms with Crippen LogP contribution < -0.4 is 5.32 Å². The lowest BCUT2D eigenvalue weighted by molar-refractivity contribution is 0.102. The molecule has 0 atom stereocenters. The molecule has 2 aromatic rings. The highest BCUT2D eigenvalue weighted by atomic mass is 19.1. The van der Waals surface area contributed by atoms with Gasteiger partial charge in [-0.25, -0.2) is 4.39 Å². The van der Waals surface area contributed by atoms with Crippen molar-refractivity contribution in [1.82, 2.24) is 4.98 Å². The van der Waals surface area contributed by atoms with E-state index >= 15 is 0 Å². The molecule has 0 unspecified atom stereocenters. The maximum Gasteiger partial charge on any atom is 0.257 e. The van der Waals surface area contributed by atoms with Crippen molar-refractivity contribution in [3.8, 4) is 11.8 Å². The van der Waals surface area contributed by atoms with Crippen molar-refractivity contribution >= 4 is 11.6 Å². The molecule has 1 heterocycles. The highest BCUT2D eigenvalue weighted by Gasteiger charge is 2.12. The van der Waals surface area contributed by atoms with Gasteiger partial charge in [0.25, 0.3) is 5.91 Å². The first kappa shape index (κ1) is 14.7. The minimum atomic E-state index is -0.500. The first-order valence-electron chi connectivity index (χ1n) is 6.23. The normalized spacial score (nSPS) is 9.67. The SMILES string of the molecule is Cc1ccc(NC(=O)c2ccncc2C#CCO)c(F)c1. The molecule has 0 aliphatic heterocycles. The molecule has 1 amide bonds. The molecular weight excluding hydrogens is 271 g/mol. The second-order valence-corrected chi connectivity index (χ2v) is 4.32. The lowest BCUT2D eigenvalue weighted by atomic mass is 10.1. The van der Waals surface area contributed by atoms with E-state index in [0.717, 1.165) is 5.56 Å². The van der Waals surface area contributed by atoms with Gasteiger partial charge in [-0.15, -0.1) is 0 Å².